The summed E-state index contributed by atoms with van der Waals surface area (Å²) in [4.78, 5) is 4.80. The molecule has 2 rings (SSSR count). The molecule has 20 heavy (non-hydrogen) atoms. The van der Waals surface area contributed by atoms with Crippen LogP contribution in [0.25, 0.3) is 0 Å². The van der Waals surface area contributed by atoms with Crippen LogP contribution in [0.2, 0.25) is 0 Å². The molecule has 0 aliphatic carbocycles. The standard InChI is InChI=1S/C15H24N4S/c1-10(2)19-8-11(7-17-19)13(16-6)14-18-12(9-20-14)15(3,4)5/h7-10,13,16H,1-6H3. The van der Waals surface area contributed by atoms with Crippen LogP contribution in [0.1, 0.15) is 63.0 Å². The molecule has 0 radical (unpaired) electrons. The molecule has 0 aliphatic heterocycles. The third-order valence-electron chi connectivity index (χ3n) is 3.31. The first kappa shape index (κ1) is 15.2. The fourth-order valence-electron chi connectivity index (χ4n) is 1.98. The second-order valence-corrected chi connectivity index (χ2v) is 7.28. The number of aromatic nitrogens is 3. The molecule has 2 aromatic heterocycles. The first-order valence-corrected chi connectivity index (χ1v) is 7.88. The van der Waals surface area contributed by atoms with E-state index in [9.17, 15) is 0 Å². The summed E-state index contributed by atoms with van der Waals surface area (Å²) in [6.45, 7) is 10.8. The van der Waals surface area contributed by atoms with Gasteiger partial charge < -0.3 is 5.32 Å². The van der Waals surface area contributed by atoms with Crippen LogP contribution in [0.5, 0.6) is 0 Å². The van der Waals surface area contributed by atoms with E-state index in [1.807, 2.05) is 17.9 Å². The van der Waals surface area contributed by atoms with Crippen molar-refractivity contribution in [1.29, 1.82) is 0 Å². The van der Waals surface area contributed by atoms with E-state index >= 15 is 0 Å². The van der Waals surface area contributed by atoms with Gasteiger partial charge in [0.2, 0.25) is 0 Å². The summed E-state index contributed by atoms with van der Waals surface area (Å²) in [6.07, 6.45) is 4.03. The average Bonchev–Trinajstić information content (AvgIpc) is 2.97. The number of nitrogens with zero attached hydrogens (tertiary/aromatic N) is 3. The van der Waals surface area contributed by atoms with E-state index in [0.29, 0.717) is 6.04 Å². The summed E-state index contributed by atoms with van der Waals surface area (Å²) in [5.41, 5.74) is 2.40. The van der Waals surface area contributed by atoms with Crippen molar-refractivity contribution in [2.45, 2.75) is 52.1 Å². The first-order chi connectivity index (χ1) is 9.32. The maximum Gasteiger partial charge on any atom is 0.115 e. The normalized spacial score (nSPS) is 13.9. The Morgan fingerprint density at radius 2 is 2.00 bits per heavy atom. The van der Waals surface area contributed by atoms with Gasteiger partial charge in [-0.2, -0.15) is 5.10 Å². The summed E-state index contributed by atoms with van der Waals surface area (Å²) in [6, 6.07) is 0.492. The largest absolute Gasteiger partial charge is 0.307 e. The zero-order chi connectivity index (χ0) is 14.9. The van der Waals surface area contributed by atoms with Gasteiger partial charge in [0.25, 0.3) is 0 Å². The zero-order valence-corrected chi connectivity index (χ0v) is 14.0. The van der Waals surface area contributed by atoms with E-state index in [-0.39, 0.29) is 11.5 Å². The molecule has 1 atom stereocenters. The van der Waals surface area contributed by atoms with Gasteiger partial charge in [0.15, 0.2) is 0 Å². The van der Waals surface area contributed by atoms with Crippen molar-refractivity contribution in [1.82, 2.24) is 20.1 Å². The summed E-state index contributed by atoms with van der Waals surface area (Å²) in [5.74, 6) is 0. The second kappa shape index (κ2) is 5.66. The molecule has 2 aromatic rings. The highest BCUT2D eigenvalue weighted by atomic mass is 32.1. The molecule has 0 aromatic carbocycles. The van der Waals surface area contributed by atoms with Crippen molar-refractivity contribution < 1.29 is 0 Å². The molecule has 0 bridgehead atoms. The lowest BCUT2D eigenvalue weighted by molar-refractivity contribution is 0.531. The van der Waals surface area contributed by atoms with Gasteiger partial charge in [-0.3, -0.25) is 4.68 Å². The number of hydrogen-bond acceptors (Lipinski definition) is 4. The molecule has 5 heteroatoms. The fourth-order valence-corrected chi connectivity index (χ4v) is 3.16. The van der Waals surface area contributed by atoms with E-state index in [1.54, 1.807) is 11.3 Å². The van der Waals surface area contributed by atoms with Gasteiger partial charge in [-0.05, 0) is 20.9 Å². The smallest absolute Gasteiger partial charge is 0.115 e. The molecule has 0 saturated carbocycles. The van der Waals surface area contributed by atoms with Crippen LogP contribution in [0, 0.1) is 0 Å². The highest BCUT2D eigenvalue weighted by molar-refractivity contribution is 7.09. The Hall–Kier alpha value is -1.20. The first-order valence-electron chi connectivity index (χ1n) is 7.00. The predicted molar refractivity (Wildman–Crippen MR) is 84.3 cm³/mol. The molecule has 0 aliphatic rings. The van der Waals surface area contributed by atoms with Gasteiger partial charge >= 0.3 is 0 Å². The Kier molecular flexibility index (Phi) is 4.30. The van der Waals surface area contributed by atoms with Crippen molar-refractivity contribution in [3.8, 4) is 0 Å². The summed E-state index contributed by atoms with van der Waals surface area (Å²) in [7, 11) is 1.97. The van der Waals surface area contributed by atoms with Gasteiger partial charge in [-0.15, -0.1) is 11.3 Å². The fraction of sp³-hybridized carbons (Fsp3) is 0.600. The molecule has 0 amide bonds. The minimum Gasteiger partial charge on any atom is -0.307 e. The van der Waals surface area contributed by atoms with E-state index in [1.165, 1.54) is 0 Å². The van der Waals surface area contributed by atoms with Crippen molar-refractivity contribution in [2.24, 2.45) is 0 Å². The lowest BCUT2D eigenvalue weighted by Crippen LogP contribution is -2.18. The molecule has 2 heterocycles. The van der Waals surface area contributed by atoms with Crippen LogP contribution in [-0.4, -0.2) is 21.8 Å². The van der Waals surface area contributed by atoms with E-state index in [4.69, 9.17) is 4.98 Å². The Bertz CT molecular complexity index is 562. The van der Waals surface area contributed by atoms with Crippen molar-refractivity contribution in [3.63, 3.8) is 0 Å². The number of rotatable bonds is 4. The Morgan fingerprint density at radius 3 is 2.45 bits per heavy atom. The van der Waals surface area contributed by atoms with Crippen molar-refractivity contribution >= 4 is 11.3 Å². The van der Waals surface area contributed by atoms with Crippen molar-refractivity contribution in [3.05, 3.63) is 34.0 Å². The molecule has 1 N–H and O–H groups in total. The number of hydrogen-bond donors (Lipinski definition) is 1. The van der Waals surface area contributed by atoms with Crippen LogP contribution >= 0.6 is 11.3 Å². The predicted octanol–water partition coefficient (Wildman–Crippen LogP) is 3.53. The molecule has 0 saturated heterocycles. The maximum absolute atomic E-state index is 4.80. The van der Waals surface area contributed by atoms with Crippen LogP contribution in [0.4, 0.5) is 0 Å². The third-order valence-corrected chi connectivity index (χ3v) is 4.22. The van der Waals surface area contributed by atoms with Gasteiger partial charge in [0.05, 0.1) is 17.9 Å². The Labute approximate surface area is 125 Å². The highest BCUT2D eigenvalue weighted by Crippen LogP contribution is 2.29. The molecule has 4 nitrogen and oxygen atoms in total. The molecule has 0 fully saturated rings. The van der Waals surface area contributed by atoms with E-state index < -0.39 is 0 Å². The van der Waals surface area contributed by atoms with Gasteiger partial charge in [0.1, 0.15) is 5.01 Å². The number of thiazole rings is 1. The van der Waals surface area contributed by atoms with Crippen LogP contribution in [0.3, 0.4) is 0 Å². The summed E-state index contributed by atoms with van der Waals surface area (Å²) >= 11 is 1.71. The SMILES string of the molecule is CNC(c1cnn(C(C)C)c1)c1nc(C(C)(C)C)cs1. The van der Waals surface area contributed by atoms with Gasteiger partial charge in [0, 0.05) is 28.6 Å². The third kappa shape index (κ3) is 3.10. The molecule has 110 valence electrons. The molecular formula is C15H24N4S. The summed E-state index contributed by atoms with van der Waals surface area (Å²) in [5, 5.41) is 11.0. The van der Waals surface area contributed by atoms with Crippen molar-refractivity contribution in [2.75, 3.05) is 7.05 Å². The number of nitrogens with one attached hydrogen (secondary N) is 1. The van der Waals surface area contributed by atoms with Crippen LogP contribution in [-0.2, 0) is 5.41 Å². The minimum atomic E-state index is 0.0924. The van der Waals surface area contributed by atoms with Gasteiger partial charge in [-0.25, -0.2) is 4.98 Å². The van der Waals surface area contributed by atoms with E-state index in [0.717, 1.165) is 16.3 Å². The van der Waals surface area contributed by atoms with Gasteiger partial charge in [-0.1, -0.05) is 20.8 Å². The van der Waals surface area contributed by atoms with Crippen LogP contribution < -0.4 is 5.32 Å². The molecule has 0 spiro atoms. The molecule has 1 unspecified atom stereocenters. The summed E-state index contributed by atoms with van der Waals surface area (Å²) < 4.78 is 1.98. The topological polar surface area (TPSA) is 42.7 Å². The lowest BCUT2D eigenvalue weighted by Gasteiger charge is -2.15. The molecular weight excluding hydrogens is 268 g/mol. The maximum atomic E-state index is 4.80. The van der Waals surface area contributed by atoms with Crippen LogP contribution in [0.15, 0.2) is 17.8 Å². The monoisotopic (exact) mass is 292 g/mol. The second-order valence-electron chi connectivity index (χ2n) is 6.39. The Balaban J connectivity index is 2.29. The minimum absolute atomic E-state index is 0.0924. The average molecular weight is 292 g/mol. The Morgan fingerprint density at radius 1 is 1.30 bits per heavy atom. The lowest BCUT2D eigenvalue weighted by atomic mass is 9.93. The van der Waals surface area contributed by atoms with E-state index in [2.05, 4.69) is 56.6 Å². The quantitative estimate of drug-likeness (QED) is 0.937. The highest BCUT2D eigenvalue weighted by Gasteiger charge is 2.22. The zero-order valence-electron chi connectivity index (χ0n) is 13.1.